The normalized spacial score (nSPS) is 23.6. The van der Waals surface area contributed by atoms with Crippen LogP contribution in [-0.2, 0) is 4.74 Å². The number of hydrogen-bond acceptors (Lipinski definition) is 2. The van der Waals surface area contributed by atoms with Crippen molar-refractivity contribution >= 4 is 0 Å². The molecule has 0 aliphatic carbocycles. The van der Waals surface area contributed by atoms with Gasteiger partial charge in [0.15, 0.2) is 0 Å². The fraction of sp³-hybridized carbons (Fsp3) is 1.00. The Kier molecular flexibility index (Phi) is 6.26. The summed E-state index contributed by atoms with van der Waals surface area (Å²) in [6.07, 6.45) is 6.72. The summed E-state index contributed by atoms with van der Waals surface area (Å²) < 4.78 is 5.74. The third-order valence-corrected chi connectivity index (χ3v) is 3.68. The summed E-state index contributed by atoms with van der Waals surface area (Å²) in [4.78, 5) is 0. The molecule has 1 heterocycles. The largest absolute Gasteiger partial charge is 0.377 e. The molecule has 0 radical (unpaired) electrons. The lowest BCUT2D eigenvalue weighted by molar-refractivity contribution is 0.0754. The van der Waals surface area contributed by atoms with E-state index in [0.29, 0.717) is 12.1 Å². The average Bonchev–Trinajstić information content (AvgIpc) is 2.78. The van der Waals surface area contributed by atoms with Crippen molar-refractivity contribution in [1.29, 1.82) is 0 Å². The first kappa shape index (κ1) is 13.0. The first-order chi connectivity index (χ1) is 7.31. The Morgan fingerprint density at radius 3 is 2.40 bits per heavy atom. The summed E-state index contributed by atoms with van der Waals surface area (Å²) in [6.45, 7) is 8.94. The molecule has 90 valence electrons. The molecule has 0 aromatic carbocycles. The molecule has 1 fully saturated rings. The maximum absolute atomic E-state index is 5.74. The van der Waals surface area contributed by atoms with Crippen LogP contribution in [0.5, 0.6) is 0 Å². The summed E-state index contributed by atoms with van der Waals surface area (Å²) in [6, 6.07) is 0.577. The SMILES string of the molecule is CCC(CC)CNC(CC)C1CCCO1. The second kappa shape index (κ2) is 7.24. The monoisotopic (exact) mass is 213 g/mol. The van der Waals surface area contributed by atoms with Crippen molar-refractivity contribution in [1.82, 2.24) is 5.32 Å². The van der Waals surface area contributed by atoms with Gasteiger partial charge in [0.05, 0.1) is 6.10 Å². The van der Waals surface area contributed by atoms with E-state index in [1.807, 2.05) is 0 Å². The molecule has 0 saturated carbocycles. The van der Waals surface area contributed by atoms with Crippen LogP contribution in [0.3, 0.4) is 0 Å². The molecule has 1 saturated heterocycles. The summed E-state index contributed by atoms with van der Waals surface area (Å²) in [7, 11) is 0. The molecule has 0 amide bonds. The van der Waals surface area contributed by atoms with Crippen molar-refractivity contribution in [3.63, 3.8) is 0 Å². The van der Waals surface area contributed by atoms with Crippen molar-refractivity contribution in [2.75, 3.05) is 13.2 Å². The highest BCUT2D eigenvalue weighted by Gasteiger charge is 2.24. The lowest BCUT2D eigenvalue weighted by Crippen LogP contribution is -2.41. The van der Waals surface area contributed by atoms with Crippen LogP contribution < -0.4 is 5.32 Å². The van der Waals surface area contributed by atoms with E-state index in [2.05, 4.69) is 26.1 Å². The van der Waals surface area contributed by atoms with Gasteiger partial charge in [-0.25, -0.2) is 0 Å². The molecule has 2 unspecified atom stereocenters. The molecule has 1 aliphatic rings. The zero-order valence-electron chi connectivity index (χ0n) is 10.6. The molecule has 2 atom stereocenters. The fourth-order valence-corrected chi connectivity index (χ4v) is 2.35. The van der Waals surface area contributed by atoms with Gasteiger partial charge in [-0.2, -0.15) is 0 Å². The molecule has 1 N–H and O–H groups in total. The quantitative estimate of drug-likeness (QED) is 0.702. The van der Waals surface area contributed by atoms with E-state index in [9.17, 15) is 0 Å². The predicted octanol–water partition coefficient (Wildman–Crippen LogP) is 2.97. The molecule has 0 bridgehead atoms. The highest BCUT2D eigenvalue weighted by atomic mass is 16.5. The van der Waals surface area contributed by atoms with Crippen LogP contribution in [0.4, 0.5) is 0 Å². The molecular weight excluding hydrogens is 186 g/mol. The highest BCUT2D eigenvalue weighted by Crippen LogP contribution is 2.18. The second-order valence-corrected chi connectivity index (χ2v) is 4.66. The zero-order chi connectivity index (χ0) is 11.1. The maximum atomic E-state index is 5.74. The van der Waals surface area contributed by atoms with Gasteiger partial charge in [0.1, 0.15) is 0 Å². The van der Waals surface area contributed by atoms with Gasteiger partial charge in [0, 0.05) is 12.6 Å². The van der Waals surface area contributed by atoms with Crippen LogP contribution >= 0.6 is 0 Å². The Bertz CT molecular complexity index is 151. The Balaban J connectivity index is 2.26. The maximum Gasteiger partial charge on any atom is 0.0728 e. The van der Waals surface area contributed by atoms with Crippen LogP contribution in [0.2, 0.25) is 0 Å². The molecule has 2 heteroatoms. The van der Waals surface area contributed by atoms with Crippen molar-refractivity contribution in [3.8, 4) is 0 Å². The van der Waals surface area contributed by atoms with E-state index in [0.717, 1.165) is 19.1 Å². The van der Waals surface area contributed by atoms with Crippen molar-refractivity contribution in [2.24, 2.45) is 5.92 Å². The van der Waals surface area contributed by atoms with E-state index in [1.54, 1.807) is 0 Å². The molecular formula is C13H27NO. The minimum absolute atomic E-state index is 0.476. The molecule has 0 aromatic heterocycles. The van der Waals surface area contributed by atoms with Gasteiger partial charge in [-0.05, 0) is 31.7 Å². The van der Waals surface area contributed by atoms with E-state index in [4.69, 9.17) is 4.74 Å². The number of nitrogens with one attached hydrogen (secondary N) is 1. The van der Waals surface area contributed by atoms with E-state index in [1.165, 1.54) is 32.1 Å². The van der Waals surface area contributed by atoms with Gasteiger partial charge in [-0.1, -0.05) is 33.6 Å². The molecule has 15 heavy (non-hydrogen) atoms. The fourth-order valence-electron chi connectivity index (χ4n) is 2.35. The average molecular weight is 213 g/mol. The van der Waals surface area contributed by atoms with Gasteiger partial charge in [-0.3, -0.25) is 0 Å². The minimum atomic E-state index is 0.476. The zero-order valence-corrected chi connectivity index (χ0v) is 10.6. The van der Waals surface area contributed by atoms with Gasteiger partial charge in [-0.15, -0.1) is 0 Å². The molecule has 0 aromatic rings. The Hall–Kier alpha value is -0.0800. The van der Waals surface area contributed by atoms with Crippen LogP contribution in [0, 0.1) is 5.92 Å². The van der Waals surface area contributed by atoms with Crippen molar-refractivity contribution in [2.45, 2.75) is 65.0 Å². The van der Waals surface area contributed by atoms with Crippen molar-refractivity contribution < 1.29 is 4.74 Å². The molecule has 1 rings (SSSR count). The summed E-state index contributed by atoms with van der Waals surface area (Å²) in [5.41, 5.74) is 0. The lowest BCUT2D eigenvalue weighted by Gasteiger charge is -2.25. The van der Waals surface area contributed by atoms with Crippen LogP contribution in [0.25, 0.3) is 0 Å². The third kappa shape index (κ3) is 4.12. The van der Waals surface area contributed by atoms with Crippen LogP contribution in [0.15, 0.2) is 0 Å². The third-order valence-electron chi connectivity index (χ3n) is 3.68. The van der Waals surface area contributed by atoms with Crippen molar-refractivity contribution in [3.05, 3.63) is 0 Å². The Morgan fingerprint density at radius 2 is 1.93 bits per heavy atom. The van der Waals surface area contributed by atoms with Crippen LogP contribution in [-0.4, -0.2) is 25.3 Å². The topological polar surface area (TPSA) is 21.3 Å². The second-order valence-electron chi connectivity index (χ2n) is 4.66. The van der Waals surface area contributed by atoms with E-state index < -0.39 is 0 Å². The minimum Gasteiger partial charge on any atom is -0.377 e. The first-order valence-corrected chi connectivity index (χ1v) is 6.66. The van der Waals surface area contributed by atoms with E-state index in [-0.39, 0.29) is 0 Å². The van der Waals surface area contributed by atoms with Gasteiger partial charge in [0.25, 0.3) is 0 Å². The predicted molar refractivity (Wildman–Crippen MR) is 65.1 cm³/mol. The summed E-state index contributed by atoms with van der Waals surface area (Å²) >= 11 is 0. The standard InChI is InChI=1S/C13H27NO/c1-4-11(5-2)10-14-12(6-3)13-8-7-9-15-13/h11-14H,4-10H2,1-3H3. The smallest absolute Gasteiger partial charge is 0.0728 e. The number of rotatable bonds is 7. The van der Waals surface area contributed by atoms with Gasteiger partial charge < -0.3 is 10.1 Å². The van der Waals surface area contributed by atoms with Crippen LogP contribution in [0.1, 0.15) is 52.9 Å². The Labute approximate surface area is 94.8 Å². The van der Waals surface area contributed by atoms with Gasteiger partial charge in [0.2, 0.25) is 0 Å². The Morgan fingerprint density at radius 1 is 1.20 bits per heavy atom. The first-order valence-electron chi connectivity index (χ1n) is 6.66. The molecule has 2 nitrogen and oxygen atoms in total. The van der Waals surface area contributed by atoms with Gasteiger partial charge >= 0.3 is 0 Å². The van der Waals surface area contributed by atoms with E-state index >= 15 is 0 Å². The lowest BCUT2D eigenvalue weighted by atomic mass is 10.0. The molecule has 1 aliphatic heterocycles. The number of ether oxygens (including phenoxy) is 1. The molecule has 0 spiro atoms. The summed E-state index contributed by atoms with van der Waals surface area (Å²) in [5.74, 6) is 0.834. The summed E-state index contributed by atoms with van der Waals surface area (Å²) in [5, 5.41) is 3.69. The number of hydrogen-bond donors (Lipinski definition) is 1. The highest BCUT2D eigenvalue weighted by molar-refractivity contribution is 4.80.